The minimum absolute atomic E-state index is 0.114. The van der Waals surface area contributed by atoms with E-state index in [9.17, 15) is 4.39 Å². The summed E-state index contributed by atoms with van der Waals surface area (Å²) >= 11 is 0. The molecular weight excluding hydrogens is 219 g/mol. The number of benzene rings is 1. The Labute approximate surface area is 100 Å². The van der Waals surface area contributed by atoms with Crippen LogP contribution < -0.4 is 0 Å². The van der Waals surface area contributed by atoms with Gasteiger partial charge in [-0.3, -0.25) is 4.90 Å². The largest absolute Gasteiger partial charge is 0.379 e. The normalized spacial score (nSPS) is 21.1. The molecule has 0 saturated carbocycles. The molecule has 1 saturated heterocycles. The van der Waals surface area contributed by atoms with Gasteiger partial charge < -0.3 is 4.74 Å². The summed E-state index contributed by atoms with van der Waals surface area (Å²) in [6.45, 7) is 5.18. The third kappa shape index (κ3) is 2.82. The molecule has 90 valence electrons. The highest BCUT2D eigenvalue weighted by Crippen LogP contribution is 2.15. The van der Waals surface area contributed by atoms with E-state index < -0.39 is 5.82 Å². The number of halogens is 1. The maximum Gasteiger partial charge on any atom is 0.140 e. The summed E-state index contributed by atoms with van der Waals surface area (Å²) in [5.41, 5.74) is 1.08. The molecule has 4 heteroatoms. The van der Waals surface area contributed by atoms with Crippen LogP contribution in [0.2, 0.25) is 0 Å². The Kier molecular flexibility index (Phi) is 3.72. The van der Waals surface area contributed by atoms with Crippen molar-refractivity contribution in [1.82, 2.24) is 4.90 Å². The number of nitriles is 1. The van der Waals surface area contributed by atoms with Crippen LogP contribution in [0.1, 0.15) is 18.1 Å². The van der Waals surface area contributed by atoms with E-state index in [0.29, 0.717) is 6.04 Å². The quantitative estimate of drug-likeness (QED) is 0.784. The number of rotatable bonds is 2. The number of morpholine rings is 1. The van der Waals surface area contributed by atoms with Crippen LogP contribution in [0, 0.1) is 17.1 Å². The molecule has 2 rings (SSSR count). The molecule has 1 aromatic carbocycles. The minimum Gasteiger partial charge on any atom is -0.379 e. The van der Waals surface area contributed by atoms with E-state index in [2.05, 4.69) is 11.8 Å². The van der Waals surface area contributed by atoms with Gasteiger partial charge in [-0.2, -0.15) is 5.26 Å². The molecule has 1 unspecified atom stereocenters. The molecule has 1 aromatic rings. The molecule has 0 aliphatic carbocycles. The Bertz CT molecular complexity index is 442. The fourth-order valence-electron chi connectivity index (χ4n) is 1.99. The van der Waals surface area contributed by atoms with E-state index in [-0.39, 0.29) is 5.56 Å². The highest BCUT2D eigenvalue weighted by atomic mass is 19.1. The molecule has 1 fully saturated rings. The standard InChI is InChI=1S/C13H15FN2O/c1-10-9-17-5-4-16(10)8-11-2-3-13(14)12(6-11)7-15/h2-3,6,10H,4-5,8-9H2,1H3. The van der Waals surface area contributed by atoms with Gasteiger partial charge >= 0.3 is 0 Å². The predicted octanol–water partition coefficient (Wildman–Crippen LogP) is 1.92. The summed E-state index contributed by atoms with van der Waals surface area (Å²) < 4.78 is 18.5. The molecule has 1 aliphatic heterocycles. The lowest BCUT2D eigenvalue weighted by molar-refractivity contribution is -0.00437. The number of hydrogen-bond donors (Lipinski definition) is 0. The van der Waals surface area contributed by atoms with Crippen LogP contribution >= 0.6 is 0 Å². The van der Waals surface area contributed by atoms with Crippen molar-refractivity contribution in [3.05, 3.63) is 35.1 Å². The summed E-state index contributed by atoms with van der Waals surface area (Å²) in [6.07, 6.45) is 0. The second-order valence-corrected chi connectivity index (χ2v) is 4.32. The average molecular weight is 234 g/mol. The van der Waals surface area contributed by atoms with Crippen molar-refractivity contribution in [3.8, 4) is 6.07 Å². The smallest absolute Gasteiger partial charge is 0.140 e. The second-order valence-electron chi connectivity index (χ2n) is 4.32. The summed E-state index contributed by atoms with van der Waals surface area (Å²) in [4.78, 5) is 2.28. The van der Waals surface area contributed by atoms with Gasteiger partial charge in [0.15, 0.2) is 0 Å². The maximum absolute atomic E-state index is 13.2. The average Bonchev–Trinajstić information content (AvgIpc) is 2.34. The van der Waals surface area contributed by atoms with E-state index in [0.717, 1.165) is 31.9 Å². The summed E-state index contributed by atoms with van der Waals surface area (Å²) in [6, 6.07) is 6.94. The Morgan fingerprint density at radius 1 is 1.59 bits per heavy atom. The molecule has 0 amide bonds. The molecular formula is C13H15FN2O. The van der Waals surface area contributed by atoms with Crippen molar-refractivity contribution in [2.45, 2.75) is 19.5 Å². The first-order valence-electron chi connectivity index (χ1n) is 5.71. The molecule has 1 atom stereocenters. The second kappa shape index (κ2) is 5.26. The van der Waals surface area contributed by atoms with Gasteiger partial charge in [0.2, 0.25) is 0 Å². The van der Waals surface area contributed by atoms with Gasteiger partial charge in [0, 0.05) is 19.1 Å². The van der Waals surface area contributed by atoms with Crippen LogP contribution in [0.3, 0.4) is 0 Å². The third-order valence-electron chi connectivity index (χ3n) is 3.04. The highest BCUT2D eigenvalue weighted by molar-refractivity contribution is 5.34. The Morgan fingerprint density at radius 2 is 2.41 bits per heavy atom. The first-order chi connectivity index (χ1) is 8.20. The molecule has 0 bridgehead atoms. The van der Waals surface area contributed by atoms with E-state index >= 15 is 0 Å². The number of nitrogens with zero attached hydrogens (tertiary/aromatic N) is 2. The summed E-state index contributed by atoms with van der Waals surface area (Å²) in [7, 11) is 0. The van der Waals surface area contributed by atoms with Gasteiger partial charge in [0.05, 0.1) is 18.8 Å². The van der Waals surface area contributed by atoms with E-state index in [1.54, 1.807) is 12.1 Å². The van der Waals surface area contributed by atoms with E-state index in [1.165, 1.54) is 6.07 Å². The Hall–Kier alpha value is -1.44. The van der Waals surface area contributed by atoms with E-state index in [4.69, 9.17) is 10.00 Å². The SMILES string of the molecule is CC1COCCN1Cc1ccc(F)c(C#N)c1. The van der Waals surface area contributed by atoms with E-state index in [1.807, 2.05) is 6.07 Å². The maximum atomic E-state index is 13.2. The van der Waals surface area contributed by atoms with Crippen molar-refractivity contribution < 1.29 is 9.13 Å². The van der Waals surface area contributed by atoms with Gasteiger partial charge in [-0.05, 0) is 24.6 Å². The van der Waals surface area contributed by atoms with Crippen LogP contribution in [0.4, 0.5) is 4.39 Å². The Balaban J connectivity index is 2.10. The van der Waals surface area contributed by atoms with Crippen molar-refractivity contribution in [1.29, 1.82) is 5.26 Å². The van der Waals surface area contributed by atoms with Crippen LogP contribution in [0.15, 0.2) is 18.2 Å². The van der Waals surface area contributed by atoms with Gasteiger partial charge in [-0.1, -0.05) is 6.07 Å². The lowest BCUT2D eigenvalue weighted by Crippen LogP contribution is -2.42. The Morgan fingerprint density at radius 3 is 3.12 bits per heavy atom. The van der Waals surface area contributed by atoms with Gasteiger partial charge in [0.25, 0.3) is 0 Å². The summed E-state index contributed by atoms with van der Waals surface area (Å²) in [5, 5.41) is 8.78. The van der Waals surface area contributed by atoms with Crippen LogP contribution in [0.5, 0.6) is 0 Å². The monoisotopic (exact) mass is 234 g/mol. The zero-order chi connectivity index (χ0) is 12.3. The fourth-order valence-corrected chi connectivity index (χ4v) is 1.99. The lowest BCUT2D eigenvalue weighted by Gasteiger charge is -2.33. The van der Waals surface area contributed by atoms with Crippen molar-refractivity contribution in [2.75, 3.05) is 19.8 Å². The molecule has 1 aliphatic rings. The van der Waals surface area contributed by atoms with Crippen molar-refractivity contribution in [2.24, 2.45) is 0 Å². The molecule has 1 heterocycles. The fraction of sp³-hybridized carbons (Fsp3) is 0.462. The molecule has 0 N–H and O–H groups in total. The summed E-state index contributed by atoms with van der Waals surface area (Å²) in [5.74, 6) is -0.453. The predicted molar refractivity (Wildman–Crippen MR) is 61.8 cm³/mol. The highest BCUT2D eigenvalue weighted by Gasteiger charge is 2.18. The molecule has 3 nitrogen and oxygen atoms in total. The van der Waals surface area contributed by atoms with Crippen LogP contribution in [-0.4, -0.2) is 30.7 Å². The molecule has 0 radical (unpaired) electrons. The lowest BCUT2D eigenvalue weighted by atomic mass is 10.1. The zero-order valence-corrected chi connectivity index (χ0v) is 9.82. The topological polar surface area (TPSA) is 36.3 Å². The van der Waals surface area contributed by atoms with Crippen LogP contribution in [-0.2, 0) is 11.3 Å². The number of hydrogen-bond acceptors (Lipinski definition) is 3. The van der Waals surface area contributed by atoms with Crippen LogP contribution in [0.25, 0.3) is 0 Å². The number of ether oxygens (including phenoxy) is 1. The third-order valence-corrected chi connectivity index (χ3v) is 3.04. The molecule has 0 aromatic heterocycles. The van der Waals surface area contributed by atoms with Crippen molar-refractivity contribution in [3.63, 3.8) is 0 Å². The molecule has 17 heavy (non-hydrogen) atoms. The first-order valence-corrected chi connectivity index (χ1v) is 5.71. The zero-order valence-electron chi connectivity index (χ0n) is 9.82. The van der Waals surface area contributed by atoms with Crippen molar-refractivity contribution >= 4 is 0 Å². The molecule has 0 spiro atoms. The van der Waals surface area contributed by atoms with Gasteiger partial charge in [0.1, 0.15) is 11.9 Å². The minimum atomic E-state index is -0.453. The van der Waals surface area contributed by atoms with Gasteiger partial charge in [-0.15, -0.1) is 0 Å². The van der Waals surface area contributed by atoms with Gasteiger partial charge in [-0.25, -0.2) is 4.39 Å². The first kappa shape index (κ1) is 12.0.